The minimum absolute atomic E-state index is 0.0428. The third-order valence-corrected chi connectivity index (χ3v) is 4.85. The highest BCUT2D eigenvalue weighted by Crippen LogP contribution is 2.29. The van der Waals surface area contributed by atoms with Gasteiger partial charge in [0.1, 0.15) is 17.3 Å². The number of aromatic nitrogens is 2. The molecule has 0 saturated carbocycles. The highest BCUT2D eigenvalue weighted by Gasteiger charge is 2.29. The number of furan rings is 1. The summed E-state index contributed by atoms with van der Waals surface area (Å²) in [4.78, 5) is 23.9. The van der Waals surface area contributed by atoms with E-state index < -0.39 is 0 Å². The van der Waals surface area contributed by atoms with Crippen molar-refractivity contribution in [3.05, 3.63) is 46.4 Å². The molecule has 140 valence electrons. The van der Waals surface area contributed by atoms with Crippen LogP contribution in [0.2, 0.25) is 0 Å². The highest BCUT2D eigenvalue weighted by molar-refractivity contribution is 5.95. The van der Waals surface area contributed by atoms with E-state index in [-0.39, 0.29) is 11.8 Å². The van der Waals surface area contributed by atoms with Gasteiger partial charge in [0.15, 0.2) is 0 Å². The number of rotatable bonds is 5. The van der Waals surface area contributed by atoms with Gasteiger partial charge in [0.25, 0.3) is 5.91 Å². The average Bonchev–Trinajstić information content (AvgIpc) is 2.98. The van der Waals surface area contributed by atoms with Gasteiger partial charge in [0.2, 0.25) is 0 Å². The monoisotopic (exact) mass is 357 g/mol. The van der Waals surface area contributed by atoms with Crippen LogP contribution in [-0.4, -0.2) is 40.5 Å². The van der Waals surface area contributed by atoms with Crippen LogP contribution < -0.4 is 0 Å². The molecular formula is C20H27N3O3. The fraction of sp³-hybridized carbons (Fsp3) is 0.550. The van der Waals surface area contributed by atoms with E-state index in [0.717, 1.165) is 42.2 Å². The molecular weight excluding hydrogens is 330 g/mol. The van der Waals surface area contributed by atoms with Crippen LogP contribution in [0.3, 0.4) is 0 Å². The minimum atomic E-state index is 0.0428. The molecule has 3 rings (SSSR count). The number of amides is 1. The van der Waals surface area contributed by atoms with Gasteiger partial charge in [-0.3, -0.25) is 4.79 Å². The molecule has 0 aromatic carbocycles. The first-order valence-electron chi connectivity index (χ1n) is 9.26. The third-order valence-electron chi connectivity index (χ3n) is 4.85. The Labute approximate surface area is 154 Å². The van der Waals surface area contributed by atoms with Crippen LogP contribution in [0.5, 0.6) is 0 Å². The first kappa shape index (κ1) is 18.6. The second-order valence-electron chi connectivity index (χ2n) is 6.88. The van der Waals surface area contributed by atoms with Crippen molar-refractivity contribution in [1.29, 1.82) is 0 Å². The molecule has 0 bridgehead atoms. The topological polar surface area (TPSA) is 68.5 Å². The SMILES string of the molecule is CCOCc1cnc(C)nc1C1CCCN(C(=O)c2cc(C)oc2C)C1. The molecule has 26 heavy (non-hydrogen) atoms. The van der Waals surface area contributed by atoms with E-state index in [1.54, 1.807) is 0 Å². The number of piperidine rings is 1. The molecule has 6 nitrogen and oxygen atoms in total. The smallest absolute Gasteiger partial charge is 0.257 e. The molecule has 1 amide bonds. The summed E-state index contributed by atoms with van der Waals surface area (Å²) in [7, 11) is 0. The Morgan fingerprint density at radius 2 is 2.19 bits per heavy atom. The third kappa shape index (κ3) is 3.96. The van der Waals surface area contributed by atoms with Crippen LogP contribution in [0, 0.1) is 20.8 Å². The molecule has 1 aliphatic rings. The van der Waals surface area contributed by atoms with Gasteiger partial charge in [-0.25, -0.2) is 9.97 Å². The molecule has 1 saturated heterocycles. The lowest BCUT2D eigenvalue weighted by Crippen LogP contribution is -2.39. The number of hydrogen-bond donors (Lipinski definition) is 0. The zero-order chi connectivity index (χ0) is 18.7. The largest absolute Gasteiger partial charge is 0.466 e. The number of carbonyl (C=O) groups excluding carboxylic acids is 1. The molecule has 1 fully saturated rings. The van der Waals surface area contributed by atoms with Crippen LogP contribution in [0.1, 0.15) is 64.6 Å². The van der Waals surface area contributed by atoms with E-state index in [2.05, 4.69) is 4.98 Å². The van der Waals surface area contributed by atoms with E-state index in [9.17, 15) is 4.79 Å². The van der Waals surface area contributed by atoms with Gasteiger partial charge in [0, 0.05) is 37.4 Å². The Balaban J connectivity index is 1.81. The normalized spacial score (nSPS) is 17.5. The van der Waals surface area contributed by atoms with Gasteiger partial charge in [-0.05, 0) is 46.6 Å². The van der Waals surface area contributed by atoms with E-state index in [1.165, 1.54) is 0 Å². The van der Waals surface area contributed by atoms with Crippen LogP contribution in [0.15, 0.2) is 16.7 Å². The van der Waals surface area contributed by atoms with Crippen LogP contribution in [0.4, 0.5) is 0 Å². The number of ether oxygens (including phenoxy) is 1. The van der Waals surface area contributed by atoms with Crippen LogP contribution in [-0.2, 0) is 11.3 Å². The summed E-state index contributed by atoms with van der Waals surface area (Å²) in [5, 5.41) is 0. The maximum Gasteiger partial charge on any atom is 0.257 e. The Bertz CT molecular complexity index is 785. The fourth-order valence-electron chi connectivity index (χ4n) is 3.59. The molecule has 0 spiro atoms. The van der Waals surface area contributed by atoms with Gasteiger partial charge in [-0.1, -0.05) is 0 Å². The van der Waals surface area contributed by atoms with Crippen molar-refractivity contribution in [2.24, 2.45) is 0 Å². The predicted octanol–water partition coefficient (Wildman–Crippen LogP) is 3.55. The molecule has 0 aliphatic carbocycles. The van der Waals surface area contributed by atoms with E-state index in [1.807, 2.05) is 44.9 Å². The van der Waals surface area contributed by atoms with E-state index in [4.69, 9.17) is 14.1 Å². The zero-order valence-electron chi connectivity index (χ0n) is 16.0. The zero-order valence-corrected chi connectivity index (χ0v) is 16.0. The maximum atomic E-state index is 12.9. The first-order valence-corrected chi connectivity index (χ1v) is 9.26. The summed E-state index contributed by atoms with van der Waals surface area (Å²) in [5.74, 6) is 2.46. The van der Waals surface area contributed by atoms with E-state index >= 15 is 0 Å². The molecule has 0 radical (unpaired) electrons. The van der Waals surface area contributed by atoms with Crippen molar-refractivity contribution in [1.82, 2.24) is 14.9 Å². The van der Waals surface area contributed by atoms with Crippen LogP contribution >= 0.6 is 0 Å². The molecule has 1 unspecified atom stereocenters. The summed E-state index contributed by atoms with van der Waals surface area (Å²) >= 11 is 0. The molecule has 2 aromatic heterocycles. The Hall–Kier alpha value is -2.21. The summed E-state index contributed by atoms with van der Waals surface area (Å²) in [6, 6.07) is 1.83. The lowest BCUT2D eigenvalue weighted by Gasteiger charge is -2.33. The lowest BCUT2D eigenvalue weighted by atomic mass is 9.91. The summed E-state index contributed by atoms with van der Waals surface area (Å²) < 4.78 is 11.1. The van der Waals surface area contributed by atoms with Gasteiger partial charge < -0.3 is 14.1 Å². The molecule has 1 atom stereocenters. The standard InChI is InChI=1S/C20H27N3O3/c1-5-25-12-17-10-21-15(4)22-19(17)16-7-6-8-23(11-16)20(24)18-9-13(2)26-14(18)3/h9-10,16H,5-8,11-12H2,1-4H3. The lowest BCUT2D eigenvalue weighted by molar-refractivity contribution is 0.0702. The summed E-state index contributed by atoms with van der Waals surface area (Å²) in [5.41, 5.74) is 2.70. The summed E-state index contributed by atoms with van der Waals surface area (Å²) in [6.45, 7) is 10.2. The number of hydrogen-bond acceptors (Lipinski definition) is 5. The van der Waals surface area contributed by atoms with Crippen molar-refractivity contribution in [2.75, 3.05) is 19.7 Å². The van der Waals surface area contributed by atoms with Gasteiger partial charge in [-0.15, -0.1) is 0 Å². The minimum Gasteiger partial charge on any atom is -0.466 e. The molecule has 6 heteroatoms. The van der Waals surface area contributed by atoms with Crippen molar-refractivity contribution >= 4 is 5.91 Å². The van der Waals surface area contributed by atoms with E-state index in [0.29, 0.717) is 31.1 Å². The first-order chi connectivity index (χ1) is 12.5. The van der Waals surface area contributed by atoms with Gasteiger partial charge in [0.05, 0.1) is 17.9 Å². The quantitative estimate of drug-likeness (QED) is 0.818. The average molecular weight is 357 g/mol. The number of likely N-dealkylation sites (tertiary alicyclic amines) is 1. The second-order valence-corrected chi connectivity index (χ2v) is 6.88. The number of nitrogens with zero attached hydrogens (tertiary/aromatic N) is 3. The summed E-state index contributed by atoms with van der Waals surface area (Å²) in [6.07, 6.45) is 3.84. The Kier molecular flexibility index (Phi) is 5.71. The maximum absolute atomic E-state index is 12.9. The van der Waals surface area contributed by atoms with Crippen molar-refractivity contribution in [3.63, 3.8) is 0 Å². The second kappa shape index (κ2) is 7.99. The van der Waals surface area contributed by atoms with Crippen molar-refractivity contribution in [2.45, 2.75) is 53.1 Å². The molecule has 0 N–H and O–H groups in total. The number of aryl methyl sites for hydroxylation is 3. The van der Waals surface area contributed by atoms with Crippen LogP contribution in [0.25, 0.3) is 0 Å². The number of carbonyl (C=O) groups is 1. The Morgan fingerprint density at radius 3 is 2.88 bits per heavy atom. The molecule has 1 aliphatic heterocycles. The molecule has 3 heterocycles. The molecule has 2 aromatic rings. The highest BCUT2D eigenvalue weighted by atomic mass is 16.5. The fourth-order valence-corrected chi connectivity index (χ4v) is 3.59. The van der Waals surface area contributed by atoms with Gasteiger partial charge in [-0.2, -0.15) is 0 Å². The Morgan fingerprint density at radius 1 is 1.38 bits per heavy atom. The van der Waals surface area contributed by atoms with Crippen molar-refractivity contribution < 1.29 is 13.9 Å². The van der Waals surface area contributed by atoms with Gasteiger partial charge >= 0.3 is 0 Å². The van der Waals surface area contributed by atoms with Crippen molar-refractivity contribution in [3.8, 4) is 0 Å². The predicted molar refractivity (Wildman–Crippen MR) is 98.2 cm³/mol.